The molecule has 1 atom stereocenters. The minimum absolute atomic E-state index is 0.0534. The third kappa shape index (κ3) is 4.76. The maximum absolute atomic E-state index is 14.5. The molecule has 0 saturated heterocycles. The number of nitrogens with zero attached hydrogens (tertiary/aromatic N) is 7. The number of hydrogen-bond donors (Lipinski definition) is 0. The lowest BCUT2D eigenvalue weighted by Crippen LogP contribution is -2.42. The van der Waals surface area contributed by atoms with E-state index in [0.29, 0.717) is 33.4 Å². The number of ether oxygens (including phenoxy) is 1. The van der Waals surface area contributed by atoms with E-state index in [-0.39, 0.29) is 24.1 Å². The monoisotopic (exact) mass is 515 g/mol. The molecular formula is C24H21F4N7O2. The number of amides is 1. The van der Waals surface area contributed by atoms with E-state index in [1.807, 2.05) is 0 Å². The molecule has 2 aromatic heterocycles. The number of carbonyl (C=O) groups excluding carboxylic acids is 1. The molecule has 3 heterocycles. The van der Waals surface area contributed by atoms with Crippen LogP contribution in [-0.2, 0) is 11.2 Å². The zero-order chi connectivity index (χ0) is 26.3. The largest absolute Gasteiger partial charge is 0.494 e. The van der Waals surface area contributed by atoms with E-state index >= 15 is 0 Å². The van der Waals surface area contributed by atoms with Crippen LogP contribution in [0.5, 0.6) is 5.75 Å². The first-order valence-corrected chi connectivity index (χ1v) is 11.3. The van der Waals surface area contributed by atoms with Crippen LogP contribution in [0, 0.1) is 12.7 Å². The zero-order valence-electron chi connectivity index (χ0n) is 19.8. The molecule has 1 unspecified atom stereocenters. The fourth-order valence-electron chi connectivity index (χ4n) is 4.39. The van der Waals surface area contributed by atoms with Crippen LogP contribution in [0.2, 0.25) is 0 Å². The van der Waals surface area contributed by atoms with Gasteiger partial charge in [-0.3, -0.25) is 4.79 Å². The molecule has 13 heteroatoms. The standard InChI is InChI=1S/C24H21F4N7O2/c1-14-29-13-35(31-14)20-8-6-15(10-22(20)37-2)18-11-34(32-30-18)21-9-7-16-17(25)4-3-5-19(16)33(23(21)36)12-24(26,27)28/h3-6,8,10-11,13,21H,7,9,12H2,1-2H3. The summed E-state index contributed by atoms with van der Waals surface area (Å²) >= 11 is 0. The Morgan fingerprint density at radius 1 is 1.16 bits per heavy atom. The Labute approximate surface area is 208 Å². The highest BCUT2D eigenvalue weighted by Crippen LogP contribution is 2.35. The van der Waals surface area contributed by atoms with Crippen LogP contribution in [0.25, 0.3) is 16.9 Å². The van der Waals surface area contributed by atoms with Crippen LogP contribution in [0.1, 0.15) is 23.9 Å². The summed E-state index contributed by atoms with van der Waals surface area (Å²) in [5, 5.41) is 12.4. The van der Waals surface area contributed by atoms with Crippen LogP contribution < -0.4 is 9.64 Å². The van der Waals surface area contributed by atoms with E-state index in [0.717, 1.165) is 0 Å². The van der Waals surface area contributed by atoms with E-state index in [1.54, 1.807) is 36.1 Å². The lowest BCUT2D eigenvalue weighted by atomic mass is 10.1. The Kier molecular flexibility index (Phi) is 6.13. The fraction of sp³-hybridized carbons (Fsp3) is 0.292. The lowest BCUT2D eigenvalue weighted by Gasteiger charge is -2.26. The van der Waals surface area contributed by atoms with Gasteiger partial charge in [0.15, 0.2) is 0 Å². The summed E-state index contributed by atoms with van der Waals surface area (Å²) in [6.07, 6.45) is -1.54. The highest BCUT2D eigenvalue weighted by Gasteiger charge is 2.40. The second-order valence-corrected chi connectivity index (χ2v) is 8.54. The van der Waals surface area contributed by atoms with Gasteiger partial charge in [0.25, 0.3) is 5.91 Å². The highest BCUT2D eigenvalue weighted by atomic mass is 19.4. The molecule has 5 rings (SSSR count). The third-order valence-corrected chi connectivity index (χ3v) is 6.10. The molecule has 0 bridgehead atoms. The minimum Gasteiger partial charge on any atom is -0.494 e. The van der Waals surface area contributed by atoms with Gasteiger partial charge in [0.2, 0.25) is 0 Å². The molecule has 4 aromatic rings. The van der Waals surface area contributed by atoms with Gasteiger partial charge in [-0.2, -0.15) is 18.3 Å². The quantitative estimate of drug-likeness (QED) is 0.373. The molecule has 192 valence electrons. The van der Waals surface area contributed by atoms with E-state index in [9.17, 15) is 22.4 Å². The summed E-state index contributed by atoms with van der Waals surface area (Å²) in [5.74, 6) is -0.437. The summed E-state index contributed by atoms with van der Waals surface area (Å²) in [4.78, 5) is 18.0. The maximum Gasteiger partial charge on any atom is 0.406 e. The van der Waals surface area contributed by atoms with Crippen molar-refractivity contribution in [1.82, 2.24) is 29.8 Å². The molecule has 1 aliphatic heterocycles. The van der Waals surface area contributed by atoms with Crippen LogP contribution in [0.15, 0.2) is 48.9 Å². The van der Waals surface area contributed by atoms with Gasteiger partial charge in [-0.15, -0.1) is 5.10 Å². The molecule has 0 saturated carbocycles. The van der Waals surface area contributed by atoms with Gasteiger partial charge >= 0.3 is 6.18 Å². The normalized spacial score (nSPS) is 16.0. The molecule has 0 radical (unpaired) electrons. The topological polar surface area (TPSA) is 91.0 Å². The number of halogens is 4. The molecule has 1 amide bonds. The van der Waals surface area contributed by atoms with E-state index in [2.05, 4.69) is 20.4 Å². The summed E-state index contributed by atoms with van der Waals surface area (Å²) in [7, 11) is 1.50. The summed E-state index contributed by atoms with van der Waals surface area (Å²) in [6, 6.07) is 7.88. The first-order chi connectivity index (χ1) is 17.6. The Hall–Kier alpha value is -4.29. The number of aromatic nitrogens is 6. The highest BCUT2D eigenvalue weighted by molar-refractivity contribution is 5.97. The SMILES string of the molecule is COc1cc(-c2cn(C3CCc4c(F)cccc4N(CC(F)(F)F)C3=O)nn2)ccc1-n1cnc(C)n1. The number of aryl methyl sites for hydroxylation is 1. The first kappa shape index (κ1) is 24.4. The van der Waals surface area contributed by atoms with Gasteiger partial charge < -0.3 is 9.64 Å². The van der Waals surface area contributed by atoms with Gasteiger partial charge in [0.05, 0.1) is 19.0 Å². The first-order valence-electron chi connectivity index (χ1n) is 11.3. The van der Waals surface area contributed by atoms with Gasteiger partial charge in [-0.25, -0.2) is 18.7 Å². The molecule has 2 aromatic carbocycles. The van der Waals surface area contributed by atoms with Gasteiger partial charge in [0, 0.05) is 11.1 Å². The number of hydrogen-bond acceptors (Lipinski definition) is 6. The molecule has 0 fully saturated rings. The van der Waals surface area contributed by atoms with E-state index < -0.39 is 30.5 Å². The minimum atomic E-state index is -4.68. The van der Waals surface area contributed by atoms with E-state index in [4.69, 9.17) is 4.74 Å². The van der Waals surface area contributed by atoms with Crippen molar-refractivity contribution in [3.8, 4) is 22.7 Å². The molecular weight excluding hydrogens is 494 g/mol. The van der Waals surface area contributed by atoms with E-state index in [1.165, 1.54) is 36.2 Å². The van der Waals surface area contributed by atoms with Crippen molar-refractivity contribution >= 4 is 11.6 Å². The van der Waals surface area contributed by atoms with Crippen molar-refractivity contribution in [2.24, 2.45) is 0 Å². The second-order valence-electron chi connectivity index (χ2n) is 8.54. The Balaban J connectivity index is 1.48. The average Bonchev–Trinajstić information content (AvgIpc) is 3.49. The molecule has 0 spiro atoms. The second kappa shape index (κ2) is 9.30. The average molecular weight is 515 g/mol. The van der Waals surface area contributed by atoms with Crippen molar-refractivity contribution in [3.05, 3.63) is 66.1 Å². The molecule has 1 aliphatic rings. The Bertz CT molecular complexity index is 1460. The number of methoxy groups -OCH3 is 1. The van der Waals surface area contributed by atoms with Crippen LogP contribution in [0.4, 0.5) is 23.2 Å². The van der Waals surface area contributed by atoms with Crippen LogP contribution in [0.3, 0.4) is 0 Å². The lowest BCUT2D eigenvalue weighted by molar-refractivity contribution is -0.134. The van der Waals surface area contributed by atoms with Gasteiger partial charge in [0.1, 0.15) is 47.7 Å². The number of rotatable bonds is 5. The molecule has 37 heavy (non-hydrogen) atoms. The third-order valence-electron chi connectivity index (χ3n) is 6.10. The fourth-order valence-corrected chi connectivity index (χ4v) is 4.39. The Morgan fingerprint density at radius 2 is 1.97 bits per heavy atom. The predicted octanol–water partition coefficient (Wildman–Crippen LogP) is 4.06. The van der Waals surface area contributed by atoms with Crippen LogP contribution in [-0.4, -0.2) is 55.5 Å². The molecule has 0 aliphatic carbocycles. The molecule has 0 N–H and O–H groups in total. The smallest absolute Gasteiger partial charge is 0.406 e. The zero-order valence-corrected chi connectivity index (χ0v) is 19.8. The Morgan fingerprint density at radius 3 is 2.68 bits per heavy atom. The van der Waals surface area contributed by atoms with Crippen LogP contribution >= 0.6 is 0 Å². The molecule has 9 nitrogen and oxygen atoms in total. The summed E-state index contributed by atoms with van der Waals surface area (Å²) in [5.41, 5.74) is 1.59. The van der Waals surface area contributed by atoms with Crippen molar-refractivity contribution in [1.29, 1.82) is 0 Å². The van der Waals surface area contributed by atoms with Gasteiger partial charge in [-0.05, 0) is 44.0 Å². The number of anilines is 1. The summed E-state index contributed by atoms with van der Waals surface area (Å²) < 4.78 is 62.9. The predicted molar refractivity (Wildman–Crippen MR) is 124 cm³/mol. The van der Waals surface area contributed by atoms with Crippen molar-refractivity contribution in [3.63, 3.8) is 0 Å². The van der Waals surface area contributed by atoms with Crippen molar-refractivity contribution in [2.75, 3.05) is 18.6 Å². The summed E-state index contributed by atoms with van der Waals surface area (Å²) in [6.45, 7) is 0.216. The van der Waals surface area contributed by atoms with Crippen molar-refractivity contribution < 1.29 is 27.1 Å². The van der Waals surface area contributed by atoms with Gasteiger partial charge in [-0.1, -0.05) is 17.3 Å². The number of fused-ring (bicyclic) bond motifs is 1. The number of benzene rings is 2. The van der Waals surface area contributed by atoms with Crippen molar-refractivity contribution in [2.45, 2.75) is 32.0 Å². The number of carbonyl (C=O) groups is 1. The maximum atomic E-state index is 14.5. The number of alkyl halides is 3.